The predicted octanol–water partition coefficient (Wildman–Crippen LogP) is 3.16. The summed E-state index contributed by atoms with van der Waals surface area (Å²) in [5.74, 6) is -0.233. The Kier molecular flexibility index (Phi) is 3.24. The molecule has 0 aromatic heterocycles. The Balaban J connectivity index is 2.77. The van der Waals surface area contributed by atoms with Crippen molar-refractivity contribution < 1.29 is 17.9 Å². The van der Waals surface area contributed by atoms with Crippen LogP contribution in [0.25, 0.3) is 0 Å². The second-order valence-corrected chi connectivity index (χ2v) is 2.84. The highest BCUT2D eigenvalue weighted by Gasteiger charge is 2.30. The first kappa shape index (κ1) is 11.4. The van der Waals surface area contributed by atoms with Crippen molar-refractivity contribution in [1.82, 2.24) is 0 Å². The van der Waals surface area contributed by atoms with Crippen molar-refractivity contribution in [2.75, 3.05) is 11.9 Å². The van der Waals surface area contributed by atoms with Gasteiger partial charge in [0.25, 0.3) is 0 Å². The van der Waals surface area contributed by atoms with Gasteiger partial charge in [-0.15, -0.1) is 13.2 Å². The normalized spacial score (nSPS) is 10.9. The maximum atomic E-state index is 11.8. The molecule has 0 saturated heterocycles. The Morgan fingerprint density at radius 2 is 1.80 bits per heavy atom. The van der Waals surface area contributed by atoms with Gasteiger partial charge < -0.3 is 9.64 Å². The first-order chi connectivity index (χ1) is 6.92. The van der Waals surface area contributed by atoms with E-state index in [4.69, 9.17) is 0 Å². The van der Waals surface area contributed by atoms with Crippen molar-refractivity contribution >= 4 is 5.69 Å². The minimum Gasteiger partial charge on any atom is -0.406 e. The molecule has 0 bridgehead atoms. The third kappa shape index (κ3) is 3.53. The van der Waals surface area contributed by atoms with Gasteiger partial charge in [-0.2, -0.15) is 0 Å². The molecule has 0 N–H and O–H groups in total. The molecule has 0 amide bonds. The summed E-state index contributed by atoms with van der Waals surface area (Å²) in [6.07, 6.45) is -3.09. The number of anilines is 1. The number of alkyl halides is 3. The molecule has 0 radical (unpaired) electrons. The molecule has 1 rings (SSSR count). The summed E-state index contributed by atoms with van der Waals surface area (Å²) in [4.78, 5) is 1.68. The molecule has 0 aliphatic rings. The molecule has 0 heterocycles. The largest absolute Gasteiger partial charge is 0.573 e. The van der Waals surface area contributed by atoms with Crippen LogP contribution in [-0.4, -0.2) is 13.4 Å². The summed E-state index contributed by atoms with van der Waals surface area (Å²) in [6, 6.07) is 5.54. The van der Waals surface area contributed by atoms with Gasteiger partial charge >= 0.3 is 6.36 Å². The van der Waals surface area contributed by atoms with Crippen molar-refractivity contribution in [2.45, 2.75) is 6.36 Å². The number of nitrogens with zero attached hydrogens (tertiary/aromatic N) is 1. The highest BCUT2D eigenvalue weighted by atomic mass is 19.4. The first-order valence-electron chi connectivity index (χ1n) is 4.13. The van der Waals surface area contributed by atoms with Crippen LogP contribution in [-0.2, 0) is 0 Å². The number of benzene rings is 1. The minimum atomic E-state index is -4.65. The molecule has 1 aromatic carbocycles. The van der Waals surface area contributed by atoms with Crippen LogP contribution in [0.15, 0.2) is 37.0 Å². The zero-order valence-electron chi connectivity index (χ0n) is 8.08. The average molecular weight is 217 g/mol. The van der Waals surface area contributed by atoms with Gasteiger partial charge in [0, 0.05) is 12.7 Å². The van der Waals surface area contributed by atoms with Crippen LogP contribution in [0.5, 0.6) is 5.75 Å². The molecule has 0 atom stereocenters. The van der Waals surface area contributed by atoms with Gasteiger partial charge in [0.05, 0.1) is 0 Å². The summed E-state index contributed by atoms with van der Waals surface area (Å²) in [5.41, 5.74) is 0.736. The van der Waals surface area contributed by atoms with E-state index in [2.05, 4.69) is 11.3 Å². The average Bonchev–Trinajstić information content (AvgIpc) is 2.15. The van der Waals surface area contributed by atoms with Crippen molar-refractivity contribution in [3.8, 4) is 5.75 Å². The standard InChI is InChI=1S/C10H10F3NO/c1-3-14(2)8-4-6-9(7-5-8)15-10(11,12)13/h3-7H,1H2,2H3. The summed E-state index contributed by atoms with van der Waals surface area (Å²) in [6.45, 7) is 3.53. The number of rotatable bonds is 3. The highest BCUT2D eigenvalue weighted by molar-refractivity contribution is 5.50. The van der Waals surface area contributed by atoms with Crippen LogP contribution in [0.2, 0.25) is 0 Å². The van der Waals surface area contributed by atoms with Crippen molar-refractivity contribution in [1.29, 1.82) is 0 Å². The molecule has 82 valence electrons. The van der Waals surface area contributed by atoms with Crippen LogP contribution in [0.1, 0.15) is 0 Å². The summed E-state index contributed by atoms with van der Waals surface area (Å²) in [5, 5.41) is 0. The molecule has 0 unspecified atom stereocenters. The lowest BCUT2D eigenvalue weighted by Crippen LogP contribution is -2.17. The monoisotopic (exact) mass is 217 g/mol. The Morgan fingerprint density at radius 3 is 2.20 bits per heavy atom. The third-order valence-corrected chi connectivity index (χ3v) is 1.75. The van der Waals surface area contributed by atoms with Crippen LogP contribution in [0.3, 0.4) is 0 Å². The Morgan fingerprint density at radius 1 is 1.27 bits per heavy atom. The molecule has 0 aliphatic heterocycles. The SMILES string of the molecule is C=CN(C)c1ccc(OC(F)(F)F)cc1. The fourth-order valence-corrected chi connectivity index (χ4v) is 0.988. The van der Waals surface area contributed by atoms with Gasteiger partial charge in [0.1, 0.15) is 5.75 Å². The van der Waals surface area contributed by atoms with Crippen LogP contribution in [0, 0.1) is 0 Å². The van der Waals surface area contributed by atoms with E-state index in [0.717, 1.165) is 5.69 Å². The second kappa shape index (κ2) is 4.25. The van der Waals surface area contributed by atoms with E-state index in [0.29, 0.717) is 0 Å². The molecule has 1 aromatic rings. The lowest BCUT2D eigenvalue weighted by atomic mass is 10.3. The lowest BCUT2D eigenvalue weighted by molar-refractivity contribution is -0.274. The molecule has 0 spiro atoms. The van der Waals surface area contributed by atoms with Gasteiger partial charge in [-0.1, -0.05) is 6.58 Å². The van der Waals surface area contributed by atoms with Crippen molar-refractivity contribution in [2.24, 2.45) is 0 Å². The number of hydrogen-bond donors (Lipinski definition) is 0. The first-order valence-corrected chi connectivity index (χ1v) is 4.13. The molecule has 2 nitrogen and oxygen atoms in total. The van der Waals surface area contributed by atoms with E-state index in [-0.39, 0.29) is 5.75 Å². The summed E-state index contributed by atoms with van der Waals surface area (Å²) in [7, 11) is 1.74. The fraction of sp³-hybridized carbons (Fsp3) is 0.200. The number of hydrogen-bond acceptors (Lipinski definition) is 2. The third-order valence-electron chi connectivity index (χ3n) is 1.75. The van der Waals surface area contributed by atoms with Crippen molar-refractivity contribution in [3.63, 3.8) is 0 Å². The van der Waals surface area contributed by atoms with E-state index >= 15 is 0 Å². The van der Waals surface area contributed by atoms with Gasteiger partial charge in [-0.25, -0.2) is 0 Å². The second-order valence-electron chi connectivity index (χ2n) is 2.84. The zero-order chi connectivity index (χ0) is 11.5. The quantitative estimate of drug-likeness (QED) is 0.771. The number of halogens is 3. The van der Waals surface area contributed by atoms with E-state index in [9.17, 15) is 13.2 Å². The Bertz CT molecular complexity index is 332. The lowest BCUT2D eigenvalue weighted by Gasteiger charge is -2.14. The van der Waals surface area contributed by atoms with Gasteiger partial charge in [-0.3, -0.25) is 0 Å². The zero-order valence-corrected chi connectivity index (χ0v) is 8.08. The van der Waals surface area contributed by atoms with Gasteiger partial charge in [0.15, 0.2) is 0 Å². The summed E-state index contributed by atoms with van der Waals surface area (Å²) < 4.78 is 39.2. The minimum absolute atomic E-state index is 0.233. The Labute approximate surface area is 85.6 Å². The predicted molar refractivity (Wildman–Crippen MR) is 51.7 cm³/mol. The number of ether oxygens (including phenoxy) is 1. The molecule has 0 aliphatic carbocycles. The van der Waals surface area contributed by atoms with Gasteiger partial charge in [-0.05, 0) is 30.5 Å². The molecule has 0 fully saturated rings. The van der Waals surface area contributed by atoms with Crippen LogP contribution >= 0.6 is 0 Å². The topological polar surface area (TPSA) is 12.5 Å². The smallest absolute Gasteiger partial charge is 0.406 e. The molecular weight excluding hydrogens is 207 g/mol. The summed E-state index contributed by atoms with van der Waals surface area (Å²) >= 11 is 0. The maximum Gasteiger partial charge on any atom is 0.573 e. The van der Waals surface area contributed by atoms with Gasteiger partial charge in [0.2, 0.25) is 0 Å². The highest BCUT2D eigenvalue weighted by Crippen LogP contribution is 2.24. The molecule has 5 heteroatoms. The molecule has 0 saturated carbocycles. The molecule has 15 heavy (non-hydrogen) atoms. The van der Waals surface area contributed by atoms with E-state index in [1.54, 1.807) is 18.1 Å². The fourth-order valence-electron chi connectivity index (χ4n) is 0.988. The van der Waals surface area contributed by atoms with Crippen LogP contribution in [0.4, 0.5) is 18.9 Å². The van der Waals surface area contributed by atoms with Crippen molar-refractivity contribution in [3.05, 3.63) is 37.0 Å². The molecular formula is C10H10F3NO. The van der Waals surface area contributed by atoms with Crippen LogP contribution < -0.4 is 9.64 Å². The maximum absolute atomic E-state index is 11.8. The van der Waals surface area contributed by atoms with E-state index in [1.165, 1.54) is 24.3 Å². The van der Waals surface area contributed by atoms with E-state index in [1.807, 2.05) is 0 Å². The Hall–Kier alpha value is -1.65. The van der Waals surface area contributed by atoms with E-state index < -0.39 is 6.36 Å².